The van der Waals surface area contributed by atoms with Crippen LogP contribution in [0.2, 0.25) is 0 Å². The van der Waals surface area contributed by atoms with Crippen molar-refractivity contribution in [2.24, 2.45) is 0 Å². The molecule has 3 rings (SSSR count). The number of nitrogens with one attached hydrogen (secondary N) is 1. The van der Waals surface area contributed by atoms with E-state index in [4.69, 9.17) is 4.42 Å². The fourth-order valence-corrected chi connectivity index (χ4v) is 3.52. The van der Waals surface area contributed by atoms with Gasteiger partial charge in [-0.05, 0) is 50.1 Å². The van der Waals surface area contributed by atoms with Crippen molar-refractivity contribution in [1.82, 2.24) is 9.88 Å². The Bertz CT molecular complexity index is 977. The van der Waals surface area contributed by atoms with Crippen LogP contribution in [-0.4, -0.2) is 35.3 Å². The summed E-state index contributed by atoms with van der Waals surface area (Å²) in [7, 11) is 1.59. The number of carbonyl (C=O) groups excluding carboxylic acids is 2. The van der Waals surface area contributed by atoms with Crippen LogP contribution in [0.4, 0.5) is 5.69 Å². The van der Waals surface area contributed by atoms with E-state index >= 15 is 0 Å². The Kier molecular flexibility index (Phi) is 5.41. The lowest BCUT2D eigenvalue weighted by Crippen LogP contribution is -2.35. The van der Waals surface area contributed by atoms with E-state index in [-0.39, 0.29) is 18.4 Å². The summed E-state index contributed by atoms with van der Waals surface area (Å²) < 4.78 is 5.34. The molecule has 6 nitrogen and oxygen atoms in total. The Labute approximate surface area is 161 Å². The minimum absolute atomic E-state index is 0.0563. The van der Waals surface area contributed by atoms with Crippen molar-refractivity contribution < 1.29 is 14.0 Å². The largest absolute Gasteiger partial charge is 0.462 e. The maximum Gasteiger partial charge on any atom is 0.273 e. The molecule has 2 heterocycles. The molecule has 3 aromatic rings. The van der Waals surface area contributed by atoms with E-state index in [9.17, 15) is 9.59 Å². The standard InChI is InChI=1S/C20H21N3O3S/c1-12-7-5-8-15(13(12)2)21-17(24)11-23(4)20(25)18-14(3)27-19(22-18)16-9-6-10-26-16/h5-10H,11H2,1-4H3,(H,21,24). The van der Waals surface area contributed by atoms with Crippen molar-refractivity contribution in [3.63, 3.8) is 0 Å². The van der Waals surface area contributed by atoms with Crippen LogP contribution in [0, 0.1) is 20.8 Å². The number of furan rings is 1. The van der Waals surface area contributed by atoms with Crippen LogP contribution >= 0.6 is 11.3 Å². The lowest BCUT2D eigenvalue weighted by molar-refractivity contribution is -0.116. The van der Waals surface area contributed by atoms with Crippen LogP contribution < -0.4 is 5.32 Å². The number of anilines is 1. The maximum absolute atomic E-state index is 12.7. The van der Waals surface area contributed by atoms with Gasteiger partial charge in [0.1, 0.15) is 5.69 Å². The van der Waals surface area contributed by atoms with Gasteiger partial charge in [-0.2, -0.15) is 0 Å². The van der Waals surface area contributed by atoms with Gasteiger partial charge in [0, 0.05) is 17.6 Å². The predicted octanol–water partition coefficient (Wildman–Crippen LogP) is 4.04. The summed E-state index contributed by atoms with van der Waals surface area (Å²) in [5.41, 5.74) is 3.21. The normalized spacial score (nSPS) is 10.7. The number of carbonyl (C=O) groups is 2. The second-order valence-corrected chi connectivity index (χ2v) is 7.56. The number of benzene rings is 1. The molecule has 2 aromatic heterocycles. The van der Waals surface area contributed by atoms with Gasteiger partial charge >= 0.3 is 0 Å². The minimum Gasteiger partial charge on any atom is -0.462 e. The number of aromatic nitrogens is 1. The molecular formula is C20H21N3O3S. The van der Waals surface area contributed by atoms with Gasteiger partial charge in [0.05, 0.1) is 12.8 Å². The van der Waals surface area contributed by atoms with Gasteiger partial charge in [-0.1, -0.05) is 12.1 Å². The Hall–Kier alpha value is -2.93. The fraction of sp³-hybridized carbons (Fsp3) is 0.250. The van der Waals surface area contributed by atoms with Crippen molar-refractivity contribution in [1.29, 1.82) is 0 Å². The van der Waals surface area contributed by atoms with Gasteiger partial charge in [0.15, 0.2) is 10.8 Å². The van der Waals surface area contributed by atoms with E-state index in [1.165, 1.54) is 16.2 Å². The third-order valence-corrected chi connectivity index (χ3v) is 5.32. The van der Waals surface area contributed by atoms with Crippen LogP contribution in [0.15, 0.2) is 41.0 Å². The number of amides is 2. The minimum atomic E-state index is -0.294. The van der Waals surface area contributed by atoms with E-state index < -0.39 is 0 Å². The highest BCUT2D eigenvalue weighted by atomic mass is 32.1. The first-order valence-corrected chi connectivity index (χ1v) is 9.31. The first-order valence-electron chi connectivity index (χ1n) is 8.49. The number of likely N-dealkylation sites (N-methyl/N-ethyl adjacent to an activating group) is 1. The number of rotatable bonds is 5. The van der Waals surface area contributed by atoms with Crippen molar-refractivity contribution in [3.05, 3.63) is 58.3 Å². The Morgan fingerprint density at radius 1 is 1.19 bits per heavy atom. The molecule has 0 saturated heterocycles. The van der Waals surface area contributed by atoms with E-state index in [1.54, 1.807) is 25.4 Å². The molecule has 0 saturated carbocycles. The number of nitrogens with zero attached hydrogens (tertiary/aromatic N) is 2. The molecule has 0 aliphatic heterocycles. The third kappa shape index (κ3) is 4.09. The molecule has 140 valence electrons. The van der Waals surface area contributed by atoms with Crippen LogP contribution in [0.3, 0.4) is 0 Å². The van der Waals surface area contributed by atoms with E-state index in [2.05, 4.69) is 10.3 Å². The molecule has 1 aromatic carbocycles. The molecule has 0 radical (unpaired) electrons. The summed E-state index contributed by atoms with van der Waals surface area (Å²) in [5, 5.41) is 3.51. The summed E-state index contributed by atoms with van der Waals surface area (Å²) in [6, 6.07) is 9.30. The van der Waals surface area contributed by atoms with Crippen LogP contribution in [-0.2, 0) is 4.79 Å². The van der Waals surface area contributed by atoms with Crippen LogP contribution in [0.25, 0.3) is 10.8 Å². The summed E-state index contributed by atoms with van der Waals surface area (Å²) >= 11 is 1.39. The zero-order valence-corrected chi connectivity index (χ0v) is 16.5. The van der Waals surface area contributed by atoms with Gasteiger partial charge in [-0.3, -0.25) is 9.59 Å². The molecule has 0 spiro atoms. The lowest BCUT2D eigenvalue weighted by atomic mass is 10.1. The SMILES string of the molecule is Cc1cccc(NC(=O)CN(C)C(=O)c2nc(-c3ccco3)sc2C)c1C. The Morgan fingerprint density at radius 2 is 1.96 bits per heavy atom. The third-order valence-electron chi connectivity index (χ3n) is 4.34. The quantitative estimate of drug-likeness (QED) is 0.721. The second kappa shape index (κ2) is 7.75. The van der Waals surface area contributed by atoms with E-state index in [1.807, 2.05) is 39.0 Å². The summed E-state index contributed by atoms with van der Waals surface area (Å²) in [6.07, 6.45) is 1.57. The van der Waals surface area contributed by atoms with Gasteiger partial charge in [0.25, 0.3) is 5.91 Å². The molecular weight excluding hydrogens is 362 g/mol. The van der Waals surface area contributed by atoms with Gasteiger partial charge in [0.2, 0.25) is 5.91 Å². The smallest absolute Gasteiger partial charge is 0.273 e. The zero-order chi connectivity index (χ0) is 19.6. The van der Waals surface area contributed by atoms with Crippen molar-refractivity contribution in [2.75, 3.05) is 18.9 Å². The molecule has 0 fully saturated rings. The molecule has 7 heteroatoms. The highest BCUT2D eigenvalue weighted by Crippen LogP contribution is 2.28. The molecule has 2 amide bonds. The lowest BCUT2D eigenvalue weighted by Gasteiger charge is -2.17. The molecule has 0 aliphatic rings. The average Bonchev–Trinajstić information content (AvgIpc) is 3.27. The van der Waals surface area contributed by atoms with Crippen LogP contribution in [0.1, 0.15) is 26.5 Å². The van der Waals surface area contributed by atoms with Crippen molar-refractivity contribution in [3.8, 4) is 10.8 Å². The molecule has 0 atom stereocenters. The molecule has 0 aliphatic carbocycles. The Morgan fingerprint density at radius 3 is 2.67 bits per heavy atom. The fourth-order valence-electron chi connectivity index (χ4n) is 2.64. The molecule has 0 bridgehead atoms. The average molecular weight is 383 g/mol. The summed E-state index contributed by atoms with van der Waals surface area (Å²) in [5.74, 6) is 0.0776. The second-order valence-electron chi connectivity index (χ2n) is 6.36. The van der Waals surface area contributed by atoms with Crippen molar-refractivity contribution in [2.45, 2.75) is 20.8 Å². The van der Waals surface area contributed by atoms with Crippen molar-refractivity contribution >= 4 is 28.8 Å². The van der Waals surface area contributed by atoms with E-state index in [0.29, 0.717) is 16.5 Å². The maximum atomic E-state index is 12.7. The number of thiazole rings is 1. The van der Waals surface area contributed by atoms with Gasteiger partial charge in [-0.15, -0.1) is 11.3 Å². The predicted molar refractivity (Wildman–Crippen MR) is 106 cm³/mol. The monoisotopic (exact) mass is 383 g/mol. The first kappa shape index (κ1) is 18.8. The topological polar surface area (TPSA) is 75.4 Å². The summed E-state index contributed by atoms with van der Waals surface area (Å²) in [4.78, 5) is 31.6. The number of hydrogen-bond donors (Lipinski definition) is 1. The molecule has 0 unspecified atom stereocenters. The van der Waals surface area contributed by atoms with Gasteiger partial charge < -0.3 is 14.6 Å². The summed E-state index contributed by atoms with van der Waals surface area (Å²) in [6.45, 7) is 5.72. The Balaban J connectivity index is 1.69. The number of hydrogen-bond acceptors (Lipinski definition) is 5. The highest BCUT2D eigenvalue weighted by Gasteiger charge is 2.22. The van der Waals surface area contributed by atoms with Crippen LogP contribution in [0.5, 0.6) is 0 Å². The number of aryl methyl sites for hydroxylation is 2. The zero-order valence-electron chi connectivity index (χ0n) is 15.7. The van der Waals surface area contributed by atoms with Gasteiger partial charge in [-0.25, -0.2) is 4.98 Å². The highest BCUT2D eigenvalue weighted by molar-refractivity contribution is 7.15. The molecule has 1 N–H and O–H groups in total. The van der Waals surface area contributed by atoms with E-state index in [0.717, 1.165) is 21.7 Å². The molecule has 27 heavy (non-hydrogen) atoms. The first-order chi connectivity index (χ1) is 12.9.